The van der Waals surface area contributed by atoms with Crippen molar-refractivity contribution in [2.45, 2.75) is 6.61 Å². The minimum absolute atomic E-state index is 0.0231. The predicted octanol–water partition coefficient (Wildman–Crippen LogP) is 5.42. The topological polar surface area (TPSA) is 85.7 Å². The predicted molar refractivity (Wildman–Crippen MR) is 126 cm³/mol. The molecule has 0 aliphatic carbocycles. The molecule has 1 heterocycles. The first-order valence-electron chi connectivity index (χ1n) is 10.2. The third kappa shape index (κ3) is 5.25. The summed E-state index contributed by atoms with van der Waals surface area (Å²) in [6.45, 7) is 0.345. The van der Waals surface area contributed by atoms with Crippen molar-refractivity contribution in [3.63, 3.8) is 0 Å². The van der Waals surface area contributed by atoms with Gasteiger partial charge in [0.05, 0.1) is 29.4 Å². The van der Waals surface area contributed by atoms with Crippen molar-refractivity contribution < 1.29 is 24.2 Å². The number of ether oxygens (including phenoxy) is 2. The van der Waals surface area contributed by atoms with Gasteiger partial charge in [0.25, 0.3) is 0 Å². The third-order valence-corrected chi connectivity index (χ3v) is 5.06. The number of carboxylic acid groups (broad SMARTS) is 1. The molecule has 3 aromatic carbocycles. The molecule has 0 unspecified atom stereocenters. The van der Waals surface area contributed by atoms with Crippen LogP contribution in [0.1, 0.15) is 32.0 Å². The van der Waals surface area contributed by atoms with E-state index >= 15 is 0 Å². The third-order valence-electron chi connectivity index (χ3n) is 5.06. The molecular weight excluding hydrogens is 418 g/mol. The minimum Gasteiger partial charge on any atom is -0.496 e. The fourth-order valence-corrected chi connectivity index (χ4v) is 3.32. The molecule has 0 aliphatic rings. The number of carbonyl (C=O) groups is 2. The monoisotopic (exact) mass is 439 g/mol. The standard InChI is InChI=1S/C27H21NO5/c1-32-26-15-10-20(27(30)31)16-23(26)25(29)14-8-18-6-12-22(13-7-18)33-17-21-11-9-19-4-2-3-5-24(19)28-21/h2-16H,17H2,1H3,(H,30,31). The normalized spacial score (nSPS) is 10.9. The average molecular weight is 439 g/mol. The van der Waals surface area contributed by atoms with E-state index in [1.165, 1.54) is 31.4 Å². The van der Waals surface area contributed by atoms with Crippen LogP contribution >= 0.6 is 0 Å². The van der Waals surface area contributed by atoms with Gasteiger partial charge in [0.1, 0.15) is 18.1 Å². The molecule has 33 heavy (non-hydrogen) atoms. The molecule has 0 radical (unpaired) electrons. The van der Waals surface area contributed by atoms with E-state index < -0.39 is 5.97 Å². The second kappa shape index (κ2) is 9.78. The summed E-state index contributed by atoms with van der Waals surface area (Å²) in [5, 5.41) is 10.2. The SMILES string of the molecule is COc1ccc(C(=O)O)cc1C(=O)C=Cc1ccc(OCc2ccc3ccccc3n2)cc1. The van der Waals surface area contributed by atoms with Gasteiger partial charge in [-0.05, 0) is 54.1 Å². The Morgan fingerprint density at radius 1 is 0.970 bits per heavy atom. The Balaban J connectivity index is 1.41. The summed E-state index contributed by atoms with van der Waals surface area (Å²) in [7, 11) is 1.43. The first-order chi connectivity index (χ1) is 16.0. The van der Waals surface area contributed by atoms with Crippen LogP contribution in [0, 0.1) is 0 Å². The van der Waals surface area contributed by atoms with Crippen LogP contribution in [0.5, 0.6) is 11.5 Å². The molecular formula is C27H21NO5. The van der Waals surface area contributed by atoms with E-state index in [1.807, 2.05) is 60.7 Å². The van der Waals surface area contributed by atoms with E-state index in [1.54, 1.807) is 6.08 Å². The van der Waals surface area contributed by atoms with Crippen LogP contribution in [0.4, 0.5) is 0 Å². The van der Waals surface area contributed by atoms with Crippen LogP contribution in [0.2, 0.25) is 0 Å². The summed E-state index contributed by atoms with van der Waals surface area (Å²) in [5.41, 5.74) is 2.77. The van der Waals surface area contributed by atoms with E-state index in [2.05, 4.69) is 4.98 Å². The fraction of sp³-hybridized carbons (Fsp3) is 0.0741. The van der Waals surface area contributed by atoms with Gasteiger partial charge in [0.2, 0.25) is 0 Å². The molecule has 1 N–H and O–H groups in total. The van der Waals surface area contributed by atoms with Gasteiger partial charge in [-0.1, -0.05) is 42.5 Å². The number of para-hydroxylation sites is 1. The highest BCUT2D eigenvalue weighted by molar-refractivity contribution is 6.09. The Hall–Kier alpha value is -4.45. The second-order valence-corrected chi connectivity index (χ2v) is 7.27. The molecule has 0 saturated carbocycles. The Kier molecular flexibility index (Phi) is 6.45. The zero-order chi connectivity index (χ0) is 23.2. The van der Waals surface area contributed by atoms with Crippen molar-refractivity contribution in [2.75, 3.05) is 7.11 Å². The van der Waals surface area contributed by atoms with Crippen LogP contribution in [0.3, 0.4) is 0 Å². The number of ketones is 1. The molecule has 0 atom stereocenters. The number of aromatic carboxylic acids is 1. The number of hydrogen-bond acceptors (Lipinski definition) is 5. The number of hydrogen-bond donors (Lipinski definition) is 1. The zero-order valence-corrected chi connectivity index (χ0v) is 17.9. The number of methoxy groups -OCH3 is 1. The van der Waals surface area contributed by atoms with Crippen molar-refractivity contribution in [3.8, 4) is 11.5 Å². The summed E-state index contributed by atoms with van der Waals surface area (Å²) in [5.74, 6) is -0.451. The zero-order valence-electron chi connectivity index (χ0n) is 17.9. The van der Waals surface area contributed by atoms with Gasteiger partial charge in [0, 0.05) is 5.39 Å². The molecule has 0 spiro atoms. The van der Waals surface area contributed by atoms with Crippen LogP contribution in [-0.2, 0) is 6.61 Å². The molecule has 164 valence electrons. The lowest BCUT2D eigenvalue weighted by Gasteiger charge is -2.07. The lowest BCUT2D eigenvalue weighted by molar-refractivity contribution is 0.0697. The first-order valence-corrected chi connectivity index (χ1v) is 10.2. The number of carbonyl (C=O) groups excluding carboxylic acids is 1. The van der Waals surface area contributed by atoms with Gasteiger partial charge < -0.3 is 14.6 Å². The summed E-state index contributed by atoms with van der Waals surface area (Å²) in [6, 6.07) is 23.4. The molecule has 1 aromatic heterocycles. The molecule has 0 saturated heterocycles. The van der Waals surface area contributed by atoms with Crippen LogP contribution in [-0.4, -0.2) is 29.0 Å². The number of benzene rings is 3. The molecule has 4 aromatic rings. The number of aromatic nitrogens is 1. The van der Waals surface area contributed by atoms with Crippen molar-refractivity contribution >= 4 is 28.7 Å². The maximum absolute atomic E-state index is 12.6. The molecule has 4 rings (SSSR count). The quantitative estimate of drug-likeness (QED) is 0.292. The van der Waals surface area contributed by atoms with E-state index in [9.17, 15) is 9.59 Å². The van der Waals surface area contributed by atoms with Crippen molar-refractivity contribution in [2.24, 2.45) is 0 Å². The van der Waals surface area contributed by atoms with Crippen molar-refractivity contribution in [1.29, 1.82) is 0 Å². The smallest absolute Gasteiger partial charge is 0.335 e. The highest BCUT2D eigenvalue weighted by atomic mass is 16.5. The van der Waals surface area contributed by atoms with Crippen LogP contribution < -0.4 is 9.47 Å². The maximum Gasteiger partial charge on any atom is 0.335 e. The first kappa shape index (κ1) is 21.8. The van der Waals surface area contributed by atoms with E-state index in [0.29, 0.717) is 18.1 Å². The number of pyridine rings is 1. The number of fused-ring (bicyclic) bond motifs is 1. The number of rotatable bonds is 8. The van der Waals surface area contributed by atoms with E-state index in [-0.39, 0.29) is 16.9 Å². The van der Waals surface area contributed by atoms with Crippen LogP contribution in [0.25, 0.3) is 17.0 Å². The molecule has 6 nitrogen and oxygen atoms in total. The number of nitrogens with zero attached hydrogens (tertiary/aromatic N) is 1. The average Bonchev–Trinajstić information content (AvgIpc) is 2.86. The highest BCUT2D eigenvalue weighted by Crippen LogP contribution is 2.22. The van der Waals surface area contributed by atoms with Gasteiger partial charge >= 0.3 is 5.97 Å². The Labute approximate surface area is 190 Å². The summed E-state index contributed by atoms with van der Waals surface area (Å²) in [4.78, 5) is 28.4. The van der Waals surface area contributed by atoms with Gasteiger partial charge in [0.15, 0.2) is 5.78 Å². The number of allylic oxidation sites excluding steroid dienone is 1. The second-order valence-electron chi connectivity index (χ2n) is 7.27. The summed E-state index contributed by atoms with van der Waals surface area (Å²) >= 11 is 0. The maximum atomic E-state index is 12.6. The van der Waals surface area contributed by atoms with Crippen LogP contribution in [0.15, 0.2) is 84.9 Å². The summed E-state index contributed by atoms with van der Waals surface area (Å²) in [6.07, 6.45) is 3.04. The highest BCUT2D eigenvalue weighted by Gasteiger charge is 2.13. The largest absolute Gasteiger partial charge is 0.496 e. The van der Waals surface area contributed by atoms with Crippen molar-refractivity contribution in [3.05, 3.63) is 107 Å². The Morgan fingerprint density at radius 3 is 2.52 bits per heavy atom. The lowest BCUT2D eigenvalue weighted by Crippen LogP contribution is -2.03. The minimum atomic E-state index is -1.11. The molecule has 0 fully saturated rings. The fourth-order valence-electron chi connectivity index (χ4n) is 3.32. The van der Waals surface area contributed by atoms with Gasteiger partial charge in [-0.15, -0.1) is 0 Å². The van der Waals surface area contributed by atoms with Crippen molar-refractivity contribution in [1.82, 2.24) is 4.98 Å². The van der Waals surface area contributed by atoms with Gasteiger partial charge in [-0.25, -0.2) is 9.78 Å². The van der Waals surface area contributed by atoms with Gasteiger partial charge in [-0.3, -0.25) is 4.79 Å². The molecule has 6 heteroatoms. The number of carboxylic acids is 1. The summed E-state index contributed by atoms with van der Waals surface area (Å²) < 4.78 is 11.0. The molecule has 0 bridgehead atoms. The Bertz CT molecular complexity index is 1340. The molecule has 0 aliphatic heterocycles. The molecule has 0 amide bonds. The lowest BCUT2D eigenvalue weighted by atomic mass is 10.0. The van der Waals surface area contributed by atoms with Gasteiger partial charge in [-0.2, -0.15) is 0 Å². The van der Waals surface area contributed by atoms with E-state index in [0.717, 1.165) is 22.2 Å². The van der Waals surface area contributed by atoms with E-state index in [4.69, 9.17) is 14.6 Å². The Morgan fingerprint density at radius 2 is 1.76 bits per heavy atom.